The first-order valence-electron chi connectivity index (χ1n) is 5.28. The van der Waals surface area contributed by atoms with Crippen molar-refractivity contribution in [1.29, 1.82) is 0 Å². The van der Waals surface area contributed by atoms with Gasteiger partial charge in [0.1, 0.15) is 0 Å². The monoisotopic (exact) mass is 220 g/mol. The zero-order chi connectivity index (χ0) is 10.3. The van der Waals surface area contributed by atoms with Crippen molar-refractivity contribution in [2.45, 2.75) is 19.1 Å². The topological polar surface area (TPSA) is 18.5 Å². The van der Waals surface area contributed by atoms with E-state index in [1.54, 1.807) is 0 Å². The molecule has 0 amide bonds. The molecule has 0 aliphatic carbocycles. The highest BCUT2D eigenvalue weighted by molar-refractivity contribution is 7.99. The third-order valence-corrected chi connectivity index (χ3v) is 4.05. The molecule has 1 aromatic carbocycles. The molecule has 2 nitrogen and oxygen atoms in total. The minimum atomic E-state index is -0.138. The lowest BCUT2D eigenvalue weighted by molar-refractivity contribution is 0.205. The number of benzene rings is 1. The van der Waals surface area contributed by atoms with Crippen LogP contribution in [0.3, 0.4) is 0 Å². The summed E-state index contributed by atoms with van der Waals surface area (Å²) in [5, 5.41) is 0. The average molecular weight is 220 g/mol. The number of aryl methyl sites for hydroxylation is 1. The van der Waals surface area contributed by atoms with Gasteiger partial charge in [0.05, 0.1) is 12.2 Å². The van der Waals surface area contributed by atoms with Gasteiger partial charge in [-0.3, -0.25) is 0 Å². The van der Waals surface area contributed by atoms with Gasteiger partial charge in [-0.15, -0.1) is 0 Å². The van der Waals surface area contributed by atoms with Crippen molar-refractivity contribution in [3.05, 3.63) is 29.8 Å². The first-order valence-corrected chi connectivity index (χ1v) is 6.43. The van der Waals surface area contributed by atoms with Crippen molar-refractivity contribution >= 4 is 24.3 Å². The van der Waals surface area contributed by atoms with E-state index in [4.69, 9.17) is 9.31 Å². The van der Waals surface area contributed by atoms with Gasteiger partial charge in [-0.25, -0.2) is 0 Å². The molecule has 15 heavy (non-hydrogen) atoms. The molecule has 0 saturated carbocycles. The molecule has 2 fully saturated rings. The fraction of sp³-hybridized carbons (Fsp3) is 0.455. The van der Waals surface area contributed by atoms with Crippen molar-refractivity contribution in [3.63, 3.8) is 0 Å². The Kier molecular flexibility index (Phi) is 2.51. The lowest BCUT2D eigenvalue weighted by Gasteiger charge is -2.07. The molecule has 0 N–H and O–H groups in total. The van der Waals surface area contributed by atoms with Crippen LogP contribution in [0.4, 0.5) is 0 Å². The molecule has 2 heterocycles. The van der Waals surface area contributed by atoms with E-state index in [1.165, 1.54) is 5.56 Å². The van der Waals surface area contributed by atoms with Crippen molar-refractivity contribution in [1.82, 2.24) is 0 Å². The molecule has 0 unspecified atom stereocenters. The molecule has 0 aromatic heterocycles. The molecule has 2 atom stereocenters. The fourth-order valence-electron chi connectivity index (χ4n) is 2.00. The summed E-state index contributed by atoms with van der Waals surface area (Å²) < 4.78 is 11.7. The van der Waals surface area contributed by atoms with Crippen LogP contribution in [0, 0.1) is 6.92 Å². The fourth-order valence-corrected chi connectivity index (χ4v) is 3.19. The Morgan fingerprint density at radius 3 is 2.33 bits per heavy atom. The highest BCUT2D eigenvalue weighted by Crippen LogP contribution is 2.29. The number of hydrogen-bond acceptors (Lipinski definition) is 3. The summed E-state index contributed by atoms with van der Waals surface area (Å²) in [4.78, 5) is 0. The smallest absolute Gasteiger partial charge is 0.401 e. The Balaban J connectivity index is 1.76. The molecule has 3 rings (SSSR count). The number of rotatable bonds is 1. The summed E-state index contributed by atoms with van der Waals surface area (Å²) in [6, 6.07) is 8.39. The Morgan fingerprint density at radius 1 is 1.13 bits per heavy atom. The lowest BCUT2D eigenvalue weighted by atomic mass is 9.79. The first-order chi connectivity index (χ1) is 7.33. The van der Waals surface area contributed by atoms with Gasteiger partial charge in [-0.05, 0) is 12.4 Å². The molecule has 2 aliphatic heterocycles. The molecular weight excluding hydrogens is 207 g/mol. The molecule has 2 saturated heterocycles. The second-order valence-corrected chi connectivity index (χ2v) is 5.20. The van der Waals surface area contributed by atoms with Crippen LogP contribution >= 0.6 is 11.8 Å². The summed E-state index contributed by atoms with van der Waals surface area (Å²) in [5.74, 6) is 2.15. The van der Waals surface area contributed by atoms with Crippen molar-refractivity contribution in [3.8, 4) is 0 Å². The van der Waals surface area contributed by atoms with Crippen LogP contribution in [0.1, 0.15) is 5.56 Å². The summed E-state index contributed by atoms with van der Waals surface area (Å²) in [7, 11) is -0.138. The molecular formula is C11H13BO2S. The molecule has 0 bridgehead atoms. The van der Waals surface area contributed by atoms with Gasteiger partial charge >= 0.3 is 7.12 Å². The molecule has 0 spiro atoms. The standard InChI is InChI=1S/C11H13BO2S/c1-8-2-4-9(5-3-8)12-13-10-6-15-7-11(10)14-12/h2-5,10-11H,6-7H2,1H3/t10-,11+. The minimum absolute atomic E-state index is 0.138. The van der Waals surface area contributed by atoms with Crippen molar-refractivity contribution < 1.29 is 9.31 Å². The predicted molar refractivity (Wildman–Crippen MR) is 63.6 cm³/mol. The van der Waals surface area contributed by atoms with Crippen molar-refractivity contribution in [2.24, 2.45) is 0 Å². The maximum absolute atomic E-state index is 5.87. The minimum Gasteiger partial charge on any atom is -0.401 e. The van der Waals surface area contributed by atoms with E-state index in [2.05, 4.69) is 31.2 Å². The van der Waals surface area contributed by atoms with Crippen LogP contribution < -0.4 is 5.46 Å². The van der Waals surface area contributed by atoms with E-state index < -0.39 is 0 Å². The molecule has 78 valence electrons. The normalized spacial score (nSPS) is 29.5. The zero-order valence-electron chi connectivity index (χ0n) is 8.68. The highest BCUT2D eigenvalue weighted by atomic mass is 32.2. The van der Waals surface area contributed by atoms with E-state index >= 15 is 0 Å². The Bertz CT molecular complexity index is 342. The van der Waals surface area contributed by atoms with Gasteiger partial charge in [-0.2, -0.15) is 11.8 Å². The maximum atomic E-state index is 5.87. The highest BCUT2D eigenvalue weighted by Gasteiger charge is 2.43. The number of thioether (sulfide) groups is 1. The van der Waals surface area contributed by atoms with Crippen LogP contribution in [-0.2, 0) is 9.31 Å². The largest absolute Gasteiger partial charge is 0.494 e. The molecule has 0 radical (unpaired) electrons. The van der Waals surface area contributed by atoms with Gasteiger partial charge in [-0.1, -0.05) is 29.8 Å². The zero-order valence-corrected chi connectivity index (χ0v) is 9.50. The van der Waals surface area contributed by atoms with Gasteiger partial charge in [0, 0.05) is 11.5 Å². The van der Waals surface area contributed by atoms with Gasteiger partial charge < -0.3 is 9.31 Å². The Labute approximate surface area is 94.5 Å². The van der Waals surface area contributed by atoms with E-state index in [0.717, 1.165) is 17.0 Å². The third-order valence-electron chi connectivity index (χ3n) is 2.93. The van der Waals surface area contributed by atoms with Crippen LogP contribution in [0.25, 0.3) is 0 Å². The van der Waals surface area contributed by atoms with Crippen LogP contribution in [-0.4, -0.2) is 30.8 Å². The number of fused-ring (bicyclic) bond motifs is 1. The second-order valence-electron chi connectivity index (χ2n) is 4.13. The summed E-state index contributed by atoms with van der Waals surface area (Å²) in [5.41, 5.74) is 2.41. The van der Waals surface area contributed by atoms with E-state index in [-0.39, 0.29) is 7.12 Å². The SMILES string of the molecule is Cc1ccc(B2O[C@H]3CSC[C@H]3O2)cc1. The summed E-state index contributed by atoms with van der Waals surface area (Å²) in [6.45, 7) is 2.09. The Hall–Kier alpha value is -0.445. The predicted octanol–water partition coefficient (Wildman–Crippen LogP) is 1.22. The van der Waals surface area contributed by atoms with Gasteiger partial charge in [0.25, 0.3) is 0 Å². The maximum Gasteiger partial charge on any atom is 0.494 e. The quantitative estimate of drug-likeness (QED) is 0.663. The van der Waals surface area contributed by atoms with E-state index in [9.17, 15) is 0 Å². The summed E-state index contributed by atoms with van der Waals surface area (Å²) >= 11 is 1.92. The van der Waals surface area contributed by atoms with Crippen LogP contribution in [0.2, 0.25) is 0 Å². The summed E-state index contributed by atoms with van der Waals surface area (Å²) in [6.07, 6.45) is 0.614. The van der Waals surface area contributed by atoms with Gasteiger partial charge in [0.2, 0.25) is 0 Å². The molecule has 4 heteroatoms. The second kappa shape index (κ2) is 3.85. The Morgan fingerprint density at radius 2 is 1.73 bits per heavy atom. The third kappa shape index (κ3) is 1.82. The van der Waals surface area contributed by atoms with E-state index in [0.29, 0.717) is 12.2 Å². The molecule has 2 aliphatic rings. The lowest BCUT2D eigenvalue weighted by Crippen LogP contribution is -2.33. The molecule has 1 aromatic rings. The van der Waals surface area contributed by atoms with Crippen molar-refractivity contribution in [2.75, 3.05) is 11.5 Å². The first kappa shape index (κ1) is 9.76. The number of hydrogen-bond donors (Lipinski definition) is 0. The van der Waals surface area contributed by atoms with Crippen LogP contribution in [0.5, 0.6) is 0 Å². The average Bonchev–Trinajstić information content (AvgIpc) is 2.78. The van der Waals surface area contributed by atoms with Gasteiger partial charge in [0.15, 0.2) is 0 Å². The van der Waals surface area contributed by atoms with E-state index in [1.807, 2.05) is 11.8 Å². The van der Waals surface area contributed by atoms with Crippen LogP contribution in [0.15, 0.2) is 24.3 Å².